The van der Waals surface area contributed by atoms with E-state index >= 15 is 0 Å². The molecule has 13 heteroatoms. The number of carboxylic acid groups (broad SMARTS) is 1. The molecule has 1 fully saturated rings. The van der Waals surface area contributed by atoms with Crippen molar-refractivity contribution in [2.75, 3.05) is 19.6 Å². The number of benzene rings is 2. The summed E-state index contributed by atoms with van der Waals surface area (Å²) >= 11 is 7.48. The maximum Gasteiger partial charge on any atom is 0.490 e. The molecule has 1 aliphatic heterocycles. The molecule has 0 bridgehead atoms. The van der Waals surface area contributed by atoms with Crippen LogP contribution in [0, 0.1) is 6.92 Å². The molecular formula is C28H25ClF3N5O3S. The van der Waals surface area contributed by atoms with Gasteiger partial charge >= 0.3 is 12.1 Å². The molecule has 1 saturated heterocycles. The number of carboxylic acids is 1. The first-order valence-electron chi connectivity index (χ1n) is 12.8. The number of rotatable bonds is 5. The van der Waals surface area contributed by atoms with Gasteiger partial charge in [0.25, 0.3) is 5.56 Å². The molecule has 0 aliphatic carbocycles. The third kappa shape index (κ3) is 6.29. The maximum atomic E-state index is 13.4. The number of halogens is 4. The highest BCUT2D eigenvalue weighted by molar-refractivity contribution is 7.22. The Balaban J connectivity index is 0.000000431. The van der Waals surface area contributed by atoms with Crippen LogP contribution >= 0.6 is 22.9 Å². The van der Waals surface area contributed by atoms with Crippen molar-refractivity contribution in [1.82, 2.24) is 24.0 Å². The first-order chi connectivity index (χ1) is 19.5. The number of aliphatic carboxylic acids is 1. The smallest absolute Gasteiger partial charge is 0.475 e. The van der Waals surface area contributed by atoms with Crippen LogP contribution in [-0.2, 0) is 11.3 Å². The Morgan fingerprint density at radius 3 is 2.39 bits per heavy atom. The average molecular weight is 604 g/mol. The van der Waals surface area contributed by atoms with E-state index in [1.807, 2.05) is 49.4 Å². The second-order valence-electron chi connectivity index (χ2n) is 9.59. The number of aryl methyl sites for hydroxylation is 1. The summed E-state index contributed by atoms with van der Waals surface area (Å²) < 4.78 is 36.3. The van der Waals surface area contributed by atoms with Gasteiger partial charge in [0.1, 0.15) is 16.9 Å². The maximum absolute atomic E-state index is 13.4. The van der Waals surface area contributed by atoms with Gasteiger partial charge in [0, 0.05) is 23.0 Å². The fourth-order valence-corrected chi connectivity index (χ4v) is 5.94. The van der Waals surface area contributed by atoms with Crippen molar-refractivity contribution in [3.05, 3.63) is 76.1 Å². The predicted molar refractivity (Wildman–Crippen MR) is 153 cm³/mol. The number of hydrogen-bond acceptors (Lipinski definition) is 6. The van der Waals surface area contributed by atoms with Gasteiger partial charge in [-0.1, -0.05) is 23.7 Å². The van der Waals surface area contributed by atoms with E-state index in [2.05, 4.69) is 20.5 Å². The van der Waals surface area contributed by atoms with Crippen LogP contribution in [0.4, 0.5) is 13.2 Å². The van der Waals surface area contributed by atoms with Crippen molar-refractivity contribution in [2.45, 2.75) is 32.5 Å². The molecule has 0 amide bonds. The van der Waals surface area contributed by atoms with Crippen molar-refractivity contribution in [3.8, 4) is 16.1 Å². The summed E-state index contributed by atoms with van der Waals surface area (Å²) in [5, 5.41) is 7.81. The lowest BCUT2D eigenvalue weighted by atomic mass is 10.2. The Morgan fingerprint density at radius 1 is 1.05 bits per heavy atom. The quantitative estimate of drug-likeness (QED) is 0.259. The zero-order valence-electron chi connectivity index (χ0n) is 21.9. The molecule has 3 aromatic heterocycles. The SMILES string of the molecule is Cc1nc2cc(-n3cnc4cc(-c5ccc(Cl)cc5)sc4c3=O)ccc2n1CCN1CCCC1.O=C(O)C(F)(F)F. The molecule has 5 aromatic rings. The molecule has 0 atom stereocenters. The van der Waals surface area contributed by atoms with Gasteiger partial charge in [-0.05, 0) is 74.8 Å². The Bertz CT molecular complexity index is 1770. The lowest BCUT2D eigenvalue weighted by Crippen LogP contribution is -2.24. The molecular weight excluding hydrogens is 579 g/mol. The Labute approximate surface area is 241 Å². The molecule has 8 nitrogen and oxygen atoms in total. The van der Waals surface area contributed by atoms with Gasteiger partial charge in [-0.2, -0.15) is 13.2 Å². The molecule has 4 heterocycles. The number of imidazole rings is 1. The fraction of sp³-hybridized carbons (Fsp3) is 0.286. The standard InChI is InChI=1S/C26H24ClN5OS.C2HF3O2/c1-17-29-21-14-20(8-9-23(21)31(17)13-12-30-10-2-3-11-30)32-16-28-22-15-24(34-25(22)26(32)33)18-4-6-19(27)7-5-18;3-2(4,5)1(6)7/h4-9,14-16H,2-3,10-13H2,1H3;(H,6,7). The van der Waals surface area contributed by atoms with E-state index in [1.54, 1.807) is 10.9 Å². The highest BCUT2D eigenvalue weighted by Gasteiger charge is 2.38. The molecule has 214 valence electrons. The van der Waals surface area contributed by atoms with Gasteiger partial charge in [0.15, 0.2) is 0 Å². The van der Waals surface area contributed by atoms with Crippen LogP contribution in [-0.4, -0.2) is 60.9 Å². The van der Waals surface area contributed by atoms with Crippen LogP contribution in [0.15, 0.2) is 59.7 Å². The van der Waals surface area contributed by atoms with Gasteiger partial charge < -0.3 is 14.6 Å². The van der Waals surface area contributed by atoms with E-state index in [4.69, 9.17) is 26.5 Å². The lowest BCUT2D eigenvalue weighted by molar-refractivity contribution is -0.192. The molecule has 41 heavy (non-hydrogen) atoms. The van der Waals surface area contributed by atoms with Crippen molar-refractivity contribution in [1.29, 1.82) is 0 Å². The number of likely N-dealkylation sites (tertiary alicyclic amines) is 1. The van der Waals surface area contributed by atoms with Crippen molar-refractivity contribution in [3.63, 3.8) is 0 Å². The van der Waals surface area contributed by atoms with E-state index in [9.17, 15) is 18.0 Å². The molecule has 6 rings (SSSR count). The summed E-state index contributed by atoms with van der Waals surface area (Å²) in [5.41, 5.74) is 4.44. The summed E-state index contributed by atoms with van der Waals surface area (Å²) in [5.74, 6) is -1.76. The summed E-state index contributed by atoms with van der Waals surface area (Å²) in [4.78, 5) is 35.1. The van der Waals surface area contributed by atoms with Crippen molar-refractivity contribution < 1.29 is 23.1 Å². The van der Waals surface area contributed by atoms with Crippen molar-refractivity contribution >= 4 is 50.2 Å². The van der Waals surface area contributed by atoms with E-state index in [0.29, 0.717) is 15.2 Å². The van der Waals surface area contributed by atoms with Crippen LogP contribution in [0.25, 0.3) is 37.4 Å². The number of carbonyl (C=O) groups is 1. The number of nitrogens with zero attached hydrogens (tertiary/aromatic N) is 5. The number of fused-ring (bicyclic) bond motifs is 2. The minimum atomic E-state index is -5.08. The van der Waals surface area contributed by atoms with Gasteiger partial charge in [-0.15, -0.1) is 11.3 Å². The Hall–Kier alpha value is -3.74. The molecule has 1 N–H and O–H groups in total. The number of hydrogen-bond donors (Lipinski definition) is 1. The zero-order chi connectivity index (χ0) is 29.3. The van der Waals surface area contributed by atoms with E-state index < -0.39 is 12.1 Å². The van der Waals surface area contributed by atoms with Gasteiger partial charge in [0.2, 0.25) is 0 Å². The molecule has 2 aromatic carbocycles. The van der Waals surface area contributed by atoms with E-state index in [0.717, 1.165) is 46.1 Å². The Morgan fingerprint density at radius 2 is 1.73 bits per heavy atom. The fourth-order valence-electron chi connectivity index (χ4n) is 4.77. The van der Waals surface area contributed by atoms with Crippen LogP contribution in [0.1, 0.15) is 18.7 Å². The summed E-state index contributed by atoms with van der Waals surface area (Å²) in [6.45, 7) is 6.40. The Kier molecular flexibility index (Phi) is 8.16. The van der Waals surface area contributed by atoms with E-state index in [1.165, 1.54) is 37.3 Å². The zero-order valence-corrected chi connectivity index (χ0v) is 23.4. The number of aromatic nitrogens is 4. The molecule has 1 aliphatic rings. The van der Waals surface area contributed by atoms with Crippen LogP contribution in [0.5, 0.6) is 0 Å². The summed E-state index contributed by atoms with van der Waals surface area (Å²) in [7, 11) is 0. The number of thiophene rings is 1. The second kappa shape index (κ2) is 11.6. The molecule has 0 saturated carbocycles. The minimum Gasteiger partial charge on any atom is -0.475 e. The molecule has 0 spiro atoms. The van der Waals surface area contributed by atoms with Crippen LogP contribution in [0.3, 0.4) is 0 Å². The average Bonchev–Trinajstić information content (AvgIpc) is 3.66. The van der Waals surface area contributed by atoms with Crippen LogP contribution < -0.4 is 5.56 Å². The van der Waals surface area contributed by atoms with Crippen molar-refractivity contribution in [2.24, 2.45) is 0 Å². The largest absolute Gasteiger partial charge is 0.490 e. The lowest BCUT2D eigenvalue weighted by Gasteiger charge is -2.16. The summed E-state index contributed by atoms with van der Waals surface area (Å²) in [6.07, 6.45) is -0.876. The predicted octanol–water partition coefficient (Wildman–Crippen LogP) is 6.15. The topological polar surface area (TPSA) is 93.3 Å². The van der Waals surface area contributed by atoms with Gasteiger partial charge in [-0.25, -0.2) is 14.8 Å². The summed E-state index contributed by atoms with van der Waals surface area (Å²) in [6, 6.07) is 15.6. The molecule has 0 unspecified atom stereocenters. The monoisotopic (exact) mass is 603 g/mol. The highest BCUT2D eigenvalue weighted by atomic mass is 35.5. The van der Waals surface area contributed by atoms with Gasteiger partial charge in [-0.3, -0.25) is 9.36 Å². The first-order valence-corrected chi connectivity index (χ1v) is 14.0. The highest BCUT2D eigenvalue weighted by Crippen LogP contribution is 2.32. The normalized spacial score (nSPS) is 14.0. The third-order valence-electron chi connectivity index (χ3n) is 6.85. The third-order valence-corrected chi connectivity index (χ3v) is 8.26. The number of alkyl halides is 3. The van der Waals surface area contributed by atoms with Crippen LogP contribution in [0.2, 0.25) is 5.02 Å². The van der Waals surface area contributed by atoms with E-state index in [-0.39, 0.29) is 5.56 Å². The molecule has 0 radical (unpaired) electrons. The minimum absolute atomic E-state index is 0.0697. The first kappa shape index (κ1) is 28.8. The second-order valence-corrected chi connectivity index (χ2v) is 11.1. The van der Waals surface area contributed by atoms with Gasteiger partial charge in [0.05, 0.1) is 22.2 Å².